The standard InChI is InChI=1S/C16H10ClN3O4/c17-11-1-6-15-14(7-11)19-16(24-15)10(9-21)8-18-12-2-4-13(5-3-12)20(22)23/h1-9,18H/b10-8-. The fourth-order valence-electron chi connectivity index (χ4n) is 2.01. The smallest absolute Gasteiger partial charge is 0.269 e. The highest BCUT2D eigenvalue weighted by atomic mass is 35.5. The molecule has 0 aliphatic rings. The number of carbonyl (C=O) groups is 1. The van der Waals surface area contributed by atoms with Crippen LogP contribution >= 0.6 is 11.6 Å². The minimum Gasteiger partial charge on any atom is -0.436 e. The summed E-state index contributed by atoms with van der Waals surface area (Å²) in [5.74, 6) is 0.150. The van der Waals surface area contributed by atoms with E-state index in [4.69, 9.17) is 16.0 Å². The van der Waals surface area contributed by atoms with Crippen molar-refractivity contribution in [3.05, 3.63) is 69.7 Å². The maximum Gasteiger partial charge on any atom is 0.269 e. The summed E-state index contributed by atoms with van der Waals surface area (Å²) >= 11 is 5.89. The number of anilines is 1. The number of hydrogen-bond donors (Lipinski definition) is 1. The largest absolute Gasteiger partial charge is 0.436 e. The highest BCUT2D eigenvalue weighted by molar-refractivity contribution is 6.31. The van der Waals surface area contributed by atoms with Gasteiger partial charge in [-0.05, 0) is 30.3 Å². The van der Waals surface area contributed by atoms with Gasteiger partial charge in [0, 0.05) is 29.0 Å². The summed E-state index contributed by atoms with van der Waals surface area (Å²) in [5, 5.41) is 14.0. The lowest BCUT2D eigenvalue weighted by molar-refractivity contribution is -0.384. The number of carbonyl (C=O) groups excluding carboxylic acids is 1. The van der Waals surface area contributed by atoms with Crippen molar-refractivity contribution >= 4 is 45.9 Å². The van der Waals surface area contributed by atoms with E-state index < -0.39 is 4.92 Å². The predicted octanol–water partition coefficient (Wildman–Crippen LogP) is 4.04. The number of halogens is 1. The van der Waals surface area contributed by atoms with Crippen LogP contribution in [0.5, 0.6) is 0 Å². The lowest BCUT2D eigenvalue weighted by Crippen LogP contribution is -1.94. The molecule has 1 heterocycles. The fourth-order valence-corrected chi connectivity index (χ4v) is 2.18. The Morgan fingerprint density at radius 3 is 2.67 bits per heavy atom. The first-order valence-electron chi connectivity index (χ1n) is 6.79. The molecule has 0 fully saturated rings. The van der Waals surface area contributed by atoms with Gasteiger partial charge in [0.25, 0.3) is 5.69 Å². The molecule has 3 rings (SSSR count). The van der Waals surface area contributed by atoms with Crippen LogP contribution in [0, 0.1) is 10.1 Å². The number of benzene rings is 2. The van der Waals surface area contributed by atoms with Crippen LogP contribution in [0.4, 0.5) is 11.4 Å². The Labute approximate surface area is 140 Å². The summed E-state index contributed by atoms with van der Waals surface area (Å²) in [5.41, 5.74) is 1.81. The van der Waals surface area contributed by atoms with E-state index >= 15 is 0 Å². The lowest BCUT2D eigenvalue weighted by Gasteiger charge is -2.01. The fraction of sp³-hybridized carbons (Fsp3) is 0. The highest BCUT2D eigenvalue weighted by Crippen LogP contribution is 2.23. The topological polar surface area (TPSA) is 98.3 Å². The number of fused-ring (bicyclic) bond motifs is 1. The Morgan fingerprint density at radius 2 is 2.00 bits per heavy atom. The van der Waals surface area contributed by atoms with E-state index in [0.29, 0.717) is 28.1 Å². The van der Waals surface area contributed by atoms with Gasteiger partial charge in [-0.25, -0.2) is 4.98 Å². The summed E-state index contributed by atoms with van der Waals surface area (Å²) < 4.78 is 5.52. The first-order chi connectivity index (χ1) is 11.6. The molecular formula is C16H10ClN3O4. The normalized spacial score (nSPS) is 11.5. The van der Waals surface area contributed by atoms with Gasteiger partial charge in [-0.1, -0.05) is 11.6 Å². The number of nitrogens with one attached hydrogen (secondary N) is 1. The number of allylic oxidation sites excluding steroid dienone is 1. The SMILES string of the molecule is O=C/C(=C/Nc1ccc([N+](=O)[O-])cc1)c1nc2cc(Cl)ccc2o1. The Kier molecular flexibility index (Phi) is 4.26. The number of non-ortho nitro benzene ring substituents is 1. The van der Waals surface area contributed by atoms with Crippen molar-refractivity contribution in [2.45, 2.75) is 0 Å². The molecule has 0 bridgehead atoms. The molecule has 0 amide bonds. The molecule has 7 nitrogen and oxygen atoms in total. The van der Waals surface area contributed by atoms with E-state index in [9.17, 15) is 14.9 Å². The number of aldehydes is 1. The molecule has 3 aromatic rings. The number of aromatic nitrogens is 1. The molecule has 0 aliphatic carbocycles. The molecule has 1 aromatic heterocycles. The zero-order chi connectivity index (χ0) is 17.1. The van der Waals surface area contributed by atoms with Crippen LogP contribution in [-0.2, 0) is 4.79 Å². The van der Waals surface area contributed by atoms with Crippen LogP contribution < -0.4 is 5.32 Å². The molecule has 24 heavy (non-hydrogen) atoms. The summed E-state index contributed by atoms with van der Waals surface area (Å²) in [6, 6.07) is 10.7. The zero-order valence-corrected chi connectivity index (χ0v) is 12.9. The second-order valence-corrected chi connectivity index (χ2v) is 5.23. The molecule has 0 aliphatic heterocycles. The van der Waals surface area contributed by atoms with Crippen molar-refractivity contribution in [2.24, 2.45) is 0 Å². The minimum atomic E-state index is -0.486. The van der Waals surface area contributed by atoms with Crippen LogP contribution in [0.3, 0.4) is 0 Å². The molecule has 0 radical (unpaired) electrons. The number of hydrogen-bond acceptors (Lipinski definition) is 6. The Balaban J connectivity index is 1.85. The second-order valence-electron chi connectivity index (χ2n) is 4.80. The van der Waals surface area contributed by atoms with Crippen molar-refractivity contribution in [1.29, 1.82) is 0 Å². The number of nitro groups is 1. The third kappa shape index (κ3) is 3.26. The monoisotopic (exact) mass is 343 g/mol. The Morgan fingerprint density at radius 1 is 1.25 bits per heavy atom. The van der Waals surface area contributed by atoms with Gasteiger partial charge in [0.05, 0.1) is 10.5 Å². The van der Waals surface area contributed by atoms with Crippen molar-refractivity contribution < 1.29 is 14.1 Å². The quantitative estimate of drug-likeness (QED) is 0.325. The molecule has 0 spiro atoms. The number of rotatable bonds is 5. The van der Waals surface area contributed by atoms with Crippen molar-refractivity contribution in [2.75, 3.05) is 5.32 Å². The van der Waals surface area contributed by atoms with Crippen LogP contribution in [0.2, 0.25) is 5.02 Å². The third-order valence-electron chi connectivity index (χ3n) is 3.20. The van der Waals surface area contributed by atoms with E-state index in [1.165, 1.54) is 30.5 Å². The minimum absolute atomic E-state index is 0.0176. The van der Waals surface area contributed by atoms with Gasteiger partial charge in [-0.15, -0.1) is 0 Å². The maximum atomic E-state index is 11.3. The van der Waals surface area contributed by atoms with Gasteiger partial charge in [0.2, 0.25) is 5.89 Å². The number of nitro benzene ring substituents is 1. The van der Waals surface area contributed by atoms with Crippen molar-refractivity contribution in [1.82, 2.24) is 4.98 Å². The summed E-state index contributed by atoms with van der Waals surface area (Å²) in [7, 11) is 0. The van der Waals surface area contributed by atoms with Crippen LogP contribution in [0.15, 0.2) is 53.1 Å². The van der Waals surface area contributed by atoms with Gasteiger partial charge < -0.3 is 9.73 Å². The van der Waals surface area contributed by atoms with Gasteiger partial charge in [0.1, 0.15) is 5.52 Å². The maximum absolute atomic E-state index is 11.3. The van der Waals surface area contributed by atoms with Crippen molar-refractivity contribution in [3.8, 4) is 0 Å². The number of nitrogens with zero attached hydrogens (tertiary/aromatic N) is 2. The van der Waals surface area contributed by atoms with E-state index in [2.05, 4.69) is 10.3 Å². The molecule has 2 aromatic carbocycles. The van der Waals surface area contributed by atoms with Crippen LogP contribution in [0.1, 0.15) is 5.89 Å². The van der Waals surface area contributed by atoms with Gasteiger partial charge >= 0.3 is 0 Å². The molecule has 1 N–H and O–H groups in total. The Hall–Kier alpha value is -3.19. The lowest BCUT2D eigenvalue weighted by atomic mass is 10.2. The average Bonchev–Trinajstić information content (AvgIpc) is 2.98. The summed E-state index contributed by atoms with van der Waals surface area (Å²) in [4.78, 5) is 25.6. The molecular weight excluding hydrogens is 334 g/mol. The third-order valence-corrected chi connectivity index (χ3v) is 3.43. The van der Waals surface area contributed by atoms with E-state index in [1.807, 2.05) is 0 Å². The van der Waals surface area contributed by atoms with Crippen LogP contribution in [-0.4, -0.2) is 16.2 Å². The zero-order valence-electron chi connectivity index (χ0n) is 12.1. The molecule has 0 saturated heterocycles. The van der Waals surface area contributed by atoms with Gasteiger partial charge in [-0.2, -0.15) is 0 Å². The van der Waals surface area contributed by atoms with E-state index in [-0.39, 0.29) is 17.2 Å². The van der Waals surface area contributed by atoms with Crippen LogP contribution in [0.25, 0.3) is 16.7 Å². The predicted molar refractivity (Wildman–Crippen MR) is 89.8 cm³/mol. The summed E-state index contributed by atoms with van der Waals surface area (Å²) in [6.45, 7) is 0. The average molecular weight is 344 g/mol. The molecule has 0 saturated carbocycles. The summed E-state index contributed by atoms with van der Waals surface area (Å²) in [6.07, 6.45) is 2.02. The van der Waals surface area contributed by atoms with Gasteiger partial charge in [0.15, 0.2) is 11.9 Å². The first kappa shape index (κ1) is 15.7. The second kappa shape index (κ2) is 6.51. The Bertz CT molecular complexity index is 948. The molecule has 120 valence electrons. The molecule has 0 unspecified atom stereocenters. The first-order valence-corrected chi connectivity index (χ1v) is 7.17. The van der Waals surface area contributed by atoms with E-state index in [1.54, 1.807) is 18.2 Å². The molecule has 8 heteroatoms. The number of oxazole rings is 1. The highest BCUT2D eigenvalue weighted by Gasteiger charge is 2.11. The van der Waals surface area contributed by atoms with Crippen molar-refractivity contribution in [3.63, 3.8) is 0 Å². The van der Waals surface area contributed by atoms with Gasteiger partial charge in [-0.3, -0.25) is 14.9 Å². The van der Waals surface area contributed by atoms with E-state index in [0.717, 1.165) is 0 Å². The molecule has 0 atom stereocenters.